The SMILES string of the molecule is O=C(O)CSCc1nc2ncc(Br)cc2[nH]1. The Morgan fingerprint density at radius 1 is 1.62 bits per heavy atom. The summed E-state index contributed by atoms with van der Waals surface area (Å²) in [4.78, 5) is 21.8. The minimum Gasteiger partial charge on any atom is -0.481 e. The fourth-order valence-corrected chi connectivity index (χ4v) is 2.17. The summed E-state index contributed by atoms with van der Waals surface area (Å²) in [5.74, 6) is 0.544. The van der Waals surface area contributed by atoms with Crippen LogP contribution in [-0.4, -0.2) is 31.8 Å². The van der Waals surface area contributed by atoms with Gasteiger partial charge in [0.15, 0.2) is 5.65 Å². The van der Waals surface area contributed by atoms with E-state index in [1.54, 1.807) is 6.20 Å². The average Bonchev–Trinajstić information content (AvgIpc) is 2.58. The van der Waals surface area contributed by atoms with E-state index in [-0.39, 0.29) is 5.75 Å². The third-order valence-electron chi connectivity index (χ3n) is 1.82. The van der Waals surface area contributed by atoms with Crippen LogP contribution in [0.2, 0.25) is 0 Å². The van der Waals surface area contributed by atoms with Gasteiger partial charge in [0.2, 0.25) is 0 Å². The number of halogens is 1. The number of carboxylic acid groups (broad SMARTS) is 1. The van der Waals surface area contributed by atoms with Crippen molar-refractivity contribution in [3.8, 4) is 0 Å². The maximum absolute atomic E-state index is 10.3. The number of aliphatic carboxylic acids is 1. The van der Waals surface area contributed by atoms with E-state index in [4.69, 9.17) is 5.11 Å². The van der Waals surface area contributed by atoms with Crippen molar-refractivity contribution in [2.24, 2.45) is 0 Å². The number of hydrogen-bond donors (Lipinski definition) is 2. The van der Waals surface area contributed by atoms with Gasteiger partial charge in [-0.3, -0.25) is 4.79 Å². The number of nitrogens with zero attached hydrogens (tertiary/aromatic N) is 2. The van der Waals surface area contributed by atoms with Gasteiger partial charge >= 0.3 is 5.97 Å². The van der Waals surface area contributed by atoms with E-state index in [9.17, 15) is 4.79 Å². The molecule has 0 atom stereocenters. The molecule has 0 saturated heterocycles. The van der Waals surface area contributed by atoms with Crippen molar-refractivity contribution in [1.29, 1.82) is 0 Å². The molecule has 0 aliphatic heterocycles. The molecule has 2 rings (SSSR count). The molecule has 2 aromatic heterocycles. The number of nitrogens with one attached hydrogen (secondary N) is 1. The average molecular weight is 302 g/mol. The van der Waals surface area contributed by atoms with Crippen molar-refractivity contribution in [3.63, 3.8) is 0 Å². The third-order valence-corrected chi connectivity index (χ3v) is 3.18. The minimum absolute atomic E-state index is 0.0775. The highest BCUT2D eigenvalue weighted by molar-refractivity contribution is 9.10. The van der Waals surface area contributed by atoms with Crippen molar-refractivity contribution in [2.75, 3.05) is 5.75 Å². The van der Waals surface area contributed by atoms with Gasteiger partial charge in [-0.15, -0.1) is 11.8 Å². The molecule has 0 amide bonds. The van der Waals surface area contributed by atoms with Gasteiger partial charge in [-0.2, -0.15) is 0 Å². The van der Waals surface area contributed by atoms with Crippen molar-refractivity contribution in [2.45, 2.75) is 5.75 Å². The first-order chi connectivity index (χ1) is 7.65. The van der Waals surface area contributed by atoms with Crippen LogP contribution in [0.4, 0.5) is 0 Å². The standard InChI is InChI=1S/C9H8BrN3O2S/c10-5-1-6-9(11-2-5)13-7(12-6)3-16-4-8(14)15/h1-2H,3-4H2,(H,14,15)(H,11,12,13). The van der Waals surface area contributed by atoms with Gasteiger partial charge in [0.25, 0.3) is 0 Å². The Kier molecular flexibility index (Phi) is 3.45. The fourth-order valence-electron chi connectivity index (χ4n) is 1.23. The smallest absolute Gasteiger partial charge is 0.313 e. The number of H-pyrrole nitrogens is 1. The molecular formula is C9H8BrN3O2S. The number of carboxylic acids is 1. The maximum Gasteiger partial charge on any atom is 0.313 e. The number of pyridine rings is 1. The van der Waals surface area contributed by atoms with Crippen molar-refractivity contribution >= 4 is 44.8 Å². The van der Waals surface area contributed by atoms with Crippen LogP contribution < -0.4 is 0 Å². The number of rotatable bonds is 4. The molecule has 0 aliphatic rings. The summed E-state index contributed by atoms with van der Waals surface area (Å²) < 4.78 is 0.883. The molecule has 7 heteroatoms. The highest BCUT2D eigenvalue weighted by Gasteiger charge is 2.05. The summed E-state index contributed by atoms with van der Waals surface area (Å²) in [5.41, 5.74) is 1.49. The number of imidazole rings is 1. The van der Waals surface area contributed by atoms with E-state index >= 15 is 0 Å². The number of aromatic nitrogens is 3. The van der Waals surface area contributed by atoms with E-state index in [1.807, 2.05) is 6.07 Å². The Morgan fingerprint density at radius 2 is 2.44 bits per heavy atom. The van der Waals surface area contributed by atoms with Crippen LogP contribution in [0.25, 0.3) is 11.2 Å². The molecule has 0 unspecified atom stereocenters. The molecule has 5 nitrogen and oxygen atoms in total. The van der Waals surface area contributed by atoms with Crippen LogP contribution in [0.5, 0.6) is 0 Å². The molecule has 16 heavy (non-hydrogen) atoms. The van der Waals surface area contributed by atoms with Crippen LogP contribution in [0.1, 0.15) is 5.82 Å². The zero-order valence-corrected chi connectivity index (χ0v) is 10.5. The number of hydrogen-bond acceptors (Lipinski definition) is 4. The molecule has 2 heterocycles. The van der Waals surface area contributed by atoms with Crippen LogP contribution >= 0.6 is 27.7 Å². The molecule has 0 fully saturated rings. The quantitative estimate of drug-likeness (QED) is 0.903. The fraction of sp³-hybridized carbons (Fsp3) is 0.222. The Labute approximate surface area is 104 Å². The summed E-state index contributed by atoms with van der Waals surface area (Å²) in [6.45, 7) is 0. The zero-order chi connectivity index (χ0) is 11.5. The molecule has 0 radical (unpaired) electrons. The first-order valence-electron chi connectivity index (χ1n) is 4.45. The molecular weight excluding hydrogens is 294 g/mol. The lowest BCUT2D eigenvalue weighted by molar-refractivity contribution is -0.133. The van der Waals surface area contributed by atoms with Gasteiger partial charge in [-0.25, -0.2) is 9.97 Å². The summed E-state index contributed by atoms with van der Waals surface area (Å²) in [6, 6.07) is 1.89. The molecule has 2 N–H and O–H groups in total. The second-order valence-corrected chi connectivity index (χ2v) is 5.00. The summed E-state index contributed by atoms with van der Waals surface area (Å²) in [5, 5.41) is 8.50. The Hall–Kier alpha value is -1.08. The normalized spacial score (nSPS) is 10.8. The predicted octanol–water partition coefficient (Wildman–Crippen LogP) is 2.04. The van der Waals surface area contributed by atoms with Crippen LogP contribution in [0.15, 0.2) is 16.7 Å². The minimum atomic E-state index is -0.818. The zero-order valence-electron chi connectivity index (χ0n) is 8.11. The maximum atomic E-state index is 10.3. The van der Waals surface area contributed by atoms with E-state index < -0.39 is 5.97 Å². The van der Waals surface area contributed by atoms with Crippen LogP contribution in [0, 0.1) is 0 Å². The second kappa shape index (κ2) is 4.84. The summed E-state index contributed by atoms with van der Waals surface area (Å²) in [6.07, 6.45) is 1.68. The van der Waals surface area contributed by atoms with Gasteiger partial charge in [0, 0.05) is 10.7 Å². The second-order valence-electron chi connectivity index (χ2n) is 3.09. The Bertz CT molecular complexity index is 528. The first-order valence-corrected chi connectivity index (χ1v) is 6.39. The topological polar surface area (TPSA) is 78.9 Å². The van der Waals surface area contributed by atoms with E-state index in [2.05, 4.69) is 30.9 Å². The lowest BCUT2D eigenvalue weighted by Gasteiger charge is -1.92. The largest absolute Gasteiger partial charge is 0.481 e. The molecule has 0 aliphatic carbocycles. The lowest BCUT2D eigenvalue weighted by Crippen LogP contribution is -1.98. The van der Waals surface area contributed by atoms with E-state index in [0.717, 1.165) is 15.8 Å². The monoisotopic (exact) mass is 301 g/mol. The summed E-state index contributed by atoms with van der Waals surface area (Å²) >= 11 is 4.62. The van der Waals surface area contributed by atoms with Gasteiger partial charge in [0.1, 0.15) is 5.82 Å². The van der Waals surface area contributed by atoms with Gasteiger partial charge in [-0.05, 0) is 22.0 Å². The number of aromatic amines is 1. The lowest BCUT2D eigenvalue weighted by atomic mass is 10.4. The summed E-state index contributed by atoms with van der Waals surface area (Å²) in [7, 11) is 0. The number of carbonyl (C=O) groups is 1. The highest BCUT2D eigenvalue weighted by Crippen LogP contribution is 2.17. The Morgan fingerprint density at radius 3 is 3.19 bits per heavy atom. The third kappa shape index (κ3) is 2.73. The first kappa shape index (κ1) is 11.4. The Balaban J connectivity index is 2.10. The van der Waals surface area contributed by atoms with Gasteiger partial charge < -0.3 is 10.1 Å². The number of thioether (sulfide) groups is 1. The van der Waals surface area contributed by atoms with Crippen molar-refractivity contribution in [1.82, 2.24) is 15.0 Å². The van der Waals surface area contributed by atoms with Crippen molar-refractivity contribution in [3.05, 3.63) is 22.6 Å². The highest BCUT2D eigenvalue weighted by atomic mass is 79.9. The van der Waals surface area contributed by atoms with Gasteiger partial charge in [0.05, 0.1) is 17.0 Å². The molecule has 2 aromatic rings. The van der Waals surface area contributed by atoms with Crippen molar-refractivity contribution < 1.29 is 9.90 Å². The molecule has 0 saturated carbocycles. The predicted molar refractivity (Wildman–Crippen MR) is 65.4 cm³/mol. The molecule has 0 bridgehead atoms. The van der Waals surface area contributed by atoms with E-state index in [0.29, 0.717) is 11.4 Å². The van der Waals surface area contributed by atoms with Gasteiger partial charge in [-0.1, -0.05) is 0 Å². The van der Waals surface area contributed by atoms with Crippen LogP contribution in [0.3, 0.4) is 0 Å². The molecule has 0 spiro atoms. The molecule has 84 valence electrons. The molecule has 0 aromatic carbocycles. The van der Waals surface area contributed by atoms with E-state index in [1.165, 1.54) is 11.8 Å². The van der Waals surface area contributed by atoms with Crippen LogP contribution in [-0.2, 0) is 10.5 Å². The number of fused-ring (bicyclic) bond motifs is 1.